The molecular weight excluding hydrogens is 546 g/mol. The third-order valence-corrected chi connectivity index (χ3v) is 8.80. The Balaban J connectivity index is 1.80. The molecule has 0 aromatic heterocycles. The van der Waals surface area contributed by atoms with Gasteiger partial charge in [-0.1, -0.05) is 85.6 Å². The number of carbonyl (C=O) groups excluding carboxylic acids is 2. The number of unbranched alkanes of at least 4 members (excludes halogenated alkanes) is 1. The largest absolute Gasteiger partial charge is 0.354 e. The summed E-state index contributed by atoms with van der Waals surface area (Å²) in [6.07, 6.45) is 2.55. The van der Waals surface area contributed by atoms with Crippen molar-refractivity contribution >= 4 is 33.4 Å². The van der Waals surface area contributed by atoms with Crippen LogP contribution in [-0.2, 0) is 32.6 Å². The van der Waals surface area contributed by atoms with E-state index in [1.807, 2.05) is 42.5 Å². The van der Waals surface area contributed by atoms with E-state index in [-0.39, 0.29) is 36.2 Å². The summed E-state index contributed by atoms with van der Waals surface area (Å²) in [4.78, 5) is 29.0. The van der Waals surface area contributed by atoms with Gasteiger partial charge in [0.25, 0.3) is 0 Å². The van der Waals surface area contributed by atoms with E-state index in [2.05, 4.69) is 12.2 Å². The molecule has 0 aliphatic carbocycles. The number of rotatable bonds is 15. The third kappa shape index (κ3) is 9.18. The van der Waals surface area contributed by atoms with Crippen LogP contribution in [-0.4, -0.2) is 55.6 Å². The number of halogens is 1. The summed E-state index contributed by atoms with van der Waals surface area (Å²) >= 11 is 6.08. The van der Waals surface area contributed by atoms with Crippen LogP contribution in [0, 0.1) is 0 Å². The molecular formula is C31H38ClN3O4S. The van der Waals surface area contributed by atoms with Gasteiger partial charge in [-0.2, -0.15) is 0 Å². The van der Waals surface area contributed by atoms with Crippen molar-refractivity contribution in [3.05, 3.63) is 101 Å². The minimum atomic E-state index is -3.66. The van der Waals surface area contributed by atoms with Crippen LogP contribution < -0.4 is 5.32 Å². The Morgan fingerprint density at radius 3 is 2.12 bits per heavy atom. The first-order valence-electron chi connectivity index (χ1n) is 13.6. The Hall–Kier alpha value is -3.20. The molecule has 3 aromatic carbocycles. The lowest BCUT2D eigenvalue weighted by Crippen LogP contribution is -2.50. The molecule has 2 amide bonds. The summed E-state index contributed by atoms with van der Waals surface area (Å²) in [7, 11) is -2.15. The minimum Gasteiger partial charge on any atom is -0.354 e. The van der Waals surface area contributed by atoms with E-state index < -0.39 is 16.1 Å². The monoisotopic (exact) mass is 583 g/mol. The predicted octanol–water partition coefficient (Wildman–Crippen LogP) is 5.30. The molecule has 9 heteroatoms. The molecule has 0 bridgehead atoms. The van der Waals surface area contributed by atoms with Gasteiger partial charge in [0.15, 0.2) is 0 Å². The highest BCUT2D eigenvalue weighted by atomic mass is 35.5. The Morgan fingerprint density at radius 2 is 1.50 bits per heavy atom. The second-order valence-electron chi connectivity index (χ2n) is 9.74. The van der Waals surface area contributed by atoms with Gasteiger partial charge in [0.1, 0.15) is 6.04 Å². The molecule has 1 atom stereocenters. The highest BCUT2D eigenvalue weighted by molar-refractivity contribution is 7.89. The number of sulfonamides is 1. The molecule has 0 spiro atoms. The van der Waals surface area contributed by atoms with E-state index in [4.69, 9.17) is 11.6 Å². The van der Waals surface area contributed by atoms with Crippen molar-refractivity contribution < 1.29 is 18.0 Å². The minimum absolute atomic E-state index is 0.0930. The van der Waals surface area contributed by atoms with E-state index in [0.29, 0.717) is 24.4 Å². The fraction of sp³-hybridized carbons (Fsp3) is 0.355. The van der Waals surface area contributed by atoms with Crippen LogP contribution in [0.5, 0.6) is 0 Å². The van der Waals surface area contributed by atoms with Crippen LogP contribution in [0.15, 0.2) is 89.8 Å². The molecule has 0 fully saturated rings. The predicted molar refractivity (Wildman–Crippen MR) is 159 cm³/mol. The number of carbonyl (C=O) groups is 2. The standard InChI is InChI=1S/C31H38ClN3O4S/c1-3-4-21-33-31(37)29(23-25-12-7-5-8-13-25)35(24-26-17-19-27(32)20-18-26)30(36)16-11-22-34(2)40(38,39)28-14-9-6-10-15-28/h5-10,12-15,17-20,29H,3-4,11,16,21-24H2,1-2H3,(H,33,37). The van der Waals surface area contributed by atoms with Gasteiger partial charge >= 0.3 is 0 Å². The van der Waals surface area contributed by atoms with Crippen LogP contribution in [0.1, 0.15) is 43.7 Å². The Kier molecular flexibility index (Phi) is 12.2. The van der Waals surface area contributed by atoms with E-state index in [9.17, 15) is 18.0 Å². The van der Waals surface area contributed by atoms with E-state index in [0.717, 1.165) is 24.0 Å². The average molecular weight is 584 g/mol. The molecule has 214 valence electrons. The number of amides is 2. The van der Waals surface area contributed by atoms with Gasteiger partial charge in [0.2, 0.25) is 21.8 Å². The Morgan fingerprint density at radius 1 is 0.875 bits per heavy atom. The molecule has 3 aromatic rings. The fourth-order valence-electron chi connectivity index (χ4n) is 4.34. The Bertz CT molecular complexity index is 1320. The quantitative estimate of drug-likeness (QED) is 0.246. The molecule has 40 heavy (non-hydrogen) atoms. The van der Waals surface area contributed by atoms with Gasteiger partial charge in [0, 0.05) is 44.5 Å². The SMILES string of the molecule is CCCCNC(=O)C(Cc1ccccc1)N(Cc1ccc(Cl)cc1)C(=O)CCCN(C)S(=O)(=O)c1ccccc1. The zero-order valence-electron chi connectivity index (χ0n) is 23.1. The maximum absolute atomic E-state index is 13.7. The summed E-state index contributed by atoms with van der Waals surface area (Å²) in [6.45, 7) is 2.99. The van der Waals surface area contributed by atoms with Crippen LogP contribution in [0.25, 0.3) is 0 Å². The molecule has 0 saturated carbocycles. The molecule has 3 rings (SSSR count). The second kappa shape index (κ2) is 15.6. The number of hydrogen-bond donors (Lipinski definition) is 1. The fourth-order valence-corrected chi connectivity index (χ4v) is 5.69. The van der Waals surface area contributed by atoms with Crippen molar-refractivity contribution in [2.75, 3.05) is 20.1 Å². The van der Waals surface area contributed by atoms with Gasteiger partial charge in [-0.3, -0.25) is 9.59 Å². The van der Waals surface area contributed by atoms with Crippen LogP contribution in [0.3, 0.4) is 0 Å². The van der Waals surface area contributed by atoms with Gasteiger partial charge in [-0.15, -0.1) is 0 Å². The van der Waals surface area contributed by atoms with Crippen molar-refractivity contribution in [2.24, 2.45) is 0 Å². The highest BCUT2D eigenvalue weighted by Crippen LogP contribution is 2.19. The van der Waals surface area contributed by atoms with Crippen molar-refractivity contribution in [3.8, 4) is 0 Å². The van der Waals surface area contributed by atoms with Gasteiger partial charge < -0.3 is 10.2 Å². The van der Waals surface area contributed by atoms with Gasteiger partial charge in [0.05, 0.1) is 4.90 Å². The van der Waals surface area contributed by atoms with Crippen molar-refractivity contribution in [1.29, 1.82) is 0 Å². The normalized spacial score (nSPS) is 12.2. The van der Waals surface area contributed by atoms with Crippen molar-refractivity contribution in [3.63, 3.8) is 0 Å². The molecule has 0 saturated heterocycles. The number of nitrogens with zero attached hydrogens (tertiary/aromatic N) is 2. The van der Waals surface area contributed by atoms with Crippen molar-refractivity contribution in [2.45, 2.75) is 56.5 Å². The molecule has 0 radical (unpaired) electrons. The lowest BCUT2D eigenvalue weighted by molar-refractivity contribution is -0.141. The lowest BCUT2D eigenvalue weighted by atomic mass is 10.0. The Labute approximate surface area is 243 Å². The van der Waals surface area contributed by atoms with E-state index in [1.54, 1.807) is 47.4 Å². The molecule has 7 nitrogen and oxygen atoms in total. The van der Waals surface area contributed by atoms with Crippen LogP contribution >= 0.6 is 11.6 Å². The van der Waals surface area contributed by atoms with Crippen LogP contribution in [0.4, 0.5) is 0 Å². The summed E-state index contributed by atoms with van der Waals surface area (Å²) in [6, 6.07) is 24.3. The second-order valence-corrected chi connectivity index (χ2v) is 12.2. The number of nitrogens with one attached hydrogen (secondary N) is 1. The summed E-state index contributed by atoms with van der Waals surface area (Å²) in [5.41, 5.74) is 1.79. The number of benzene rings is 3. The first kappa shape index (κ1) is 31.3. The number of hydrogen-bond acceptors (Lipinski definition) is 4. The topological polar surface area (TPSA) is 86.8 Å². The van der Waals surface area contributed by atoms with Crippen molar-refractivity contribution in [1.82, 2.24) is 14.5 Å². The summed E-state index contributed by atoms with van der Waals surface area (Å²) in [5, 5.41) is 3.59. The molecule has 0 heterocycles. The first-order valence-corrected chi connectivity index (χ1v) is 15.4. The maximum atomic E-state index is 13.7. The van der Waals surface area contributed by atoms with E-state index >= 15 is 0 Å². The molecule has 1 unspecified atom stereocenters. The van der Waals surface area contributed by atoms with Gasteiger partial charge in [-0.05, 0) is 48.2 Å². The molecule has 0 aliphatic rings. The zero-order valence-corrected chi connectivity index (χ0v) is 24.7. The van der Waals surface area contributed by atoms with E-state index in [1.165, 1.54) is 11.4 Å². The highest BCUT2D eigenvalue weighted by Gasteiger charge is 2.30. The van der Waals surface area contributed by atoms with Crippen LogP contribution in [0.2, 0.25) is 5.02 Å². The first-order chi connectivity index (χ1) is 19.2. The smallest absolute Gasteiger partial charge is 0.243 e. The molecule has 1 N–H and O–H groups in total. The summed E-state index contributed by atoms with van der Waals surface area (Å²) in [5.74, 6) is -0.421. The summed E-state index contributed by atoms with van der Waals surface area (Å²) < 4.78 is 27.1. The van der Waals surface area contributed by atoms with Gasteiger partial charge in [-0.25, -0.2) is 12.7 Å². The lowest BCUT2D eigenvalue weighted by Gasteiger charge is -2.32. The maximum Gasteiger partial charge on any atom is 0.243 e. The average Bonchev–Trinajstić information content (AvgIpc) is 2.96. The molecule has 0 aliphatic heterocycles. The third-order valence-electron chi connectivity index (χ3n) is 6.68. The zero-order chi connectivity index (χ0) is 29.0.